The van der Waals surface area contributed by atoms with Crippen LogP contribution in [0.1, 0.15) is 33.6 Å². The molecular weight excluding hydrogens is 294 g/mol. The third kappa shape index (κ3) is 2.80. The van der Waals surface area contributed by atoms with Gasteiger partial charge >= 0.3 is 5.69 Å². The van der Waals surface area contributed by atoms with Crippen molar-refractivity contribution in [1.82, 2.24) is 19.1 Å². The Morgan fingerprint density at radius 2 is 2.09 bits per heavy atom. The van der Waals surface area contributed by atoms with E-state index in [1.54, 1.807) is 7.05 Å². The molecule has 0 radical (unpaired) electrons. The van der Waals surface area contributed by atoms with Crippen molar-refractivity contribution < 1.29 is 0 Å². The molecule has 7 heteroatoms. The van der Waals surface area contributed by atoms with E-state index >= 15 is 0 Å². The number of aromatic amines is 1. The van der Waals surface area contributed by atoms with Crippen LogP contribution in [0.2, 0.25) is 0 Å². The van der Waals surface area contributed by atoms with Crippen LogP contribution in [0.3, 0.4) is 0 Å². The molecule has 126 valence electrons. The van der Waals surface area contributed by atoms with E-state index in [1.807, 2.05) is 4.57 Å². The number of anilines is 1. The number of piperidine rings is 1. The summed E-state index contributed by atoms with van der Waals surface area (Å²) in [6, 6.07) is 0. The maximum atomic E-state index is 12.4. The van der Waals surface area contributed by atoms with Crippen molar-refractivity contribution >= 4 is 17.1 Å². The van der Waals surface area contributed by atoms with Crippen molar-refractivity contribution in [3.05, 3.63) is 20.8 Å². The van der Waals surface area contributed by atoms with Crippen LogP contribution < -0.4 is 16.1 Å². The van der Waals surface area contributed by atoms with Gasteiger partial charge in [0.15, 0.2) is 11.2 Å². The van der Waals surface area contributed by atoms with Crippen molar-refractivity contribution in [2.24, 2.45) is 18.9 Å². The van der Waals surface area contributed by atoms with E-state index in [1.165, 1.54) is 11.0 Å². The van der Waals surface area contributed by atoms with E-state index in [2.05, 4.69) is 35.6 Å². The molecule has 23 heavy (non-hydrogen) atoms. The van der Waals surface area contributed by atoms with E-state index in [4.69, 9.17) is 0 Å². The number of nitrogens with one attached hydrogen (secondary N) is 1. The maximum absolute atomic E-state index is 12.4. The first kappa shape index (κ1) is 15.8. The summed E-state index contributed by atoms with van der Waals surface area (Å²) in [4.78, 5) is 33.6. The van der Waals surface area contributed by atoms with Gasteiger partial charge in [0.1, 0.15) is 0 Å². The molecule has 1 aliphatic heterocycles. The first-order valence-electron chi connectivity index (χ1n) is 8.33. The highest BCUT2D eigenvalue weighted by Gasteiger charge is 2.25. The fraction of sp³-hybridized carbons (Fsp3) is 0.688. The number of aromatic nitrogens is 4. The molecule has 3 heterocycles. The van der Waals surface area contributed by atoms with Crippen molar-refractivity contribution in [3.63, 3.8) is 0 Å². The van der Waals surface area contributed by atoms with Gasteiger partial charge in [-0.05, 0) is 24.7 Å². The molecule has 0 aromatic carbocycles. The highest BCUT2D eigenvalue weighted by Crippen LogP contribution is 2.25. The quantitative estimate of drug-likeness (QED) is 0.925. The van der Waals surface area contributed by atoms with E-state index in [0.717, 1.165) is 25.5 Å². The number of rotatable bonds is 3. The fourth-order valence-electron chi connectivity index (χ4n) is 3.37. The van der Waals surface area contributed by atoms with Crippen LogP contribution in [-0.2, 0) is 13.6 Å². The van der Waals surface area contributed by atoms with Crippen LogP contribution in [0.25, 0.3) is 11.2 Å². The Morgan fingerprint density at radius 3 is 2.74 bits per heavy atom. The molecule has 0 unspecified atom stereocenters. The summed E-state index contributed by atoms with van der Waals surface area (Å²) >= 11 is 0. The Kier molecular flexibility index (Phi) is 4.04. The van der Waals surface area contributed by atoms with Gasteiger partial charge in [0.2, 0.25) is 5.95 Å². The Bertz CT molecular complexity index is 829. The average Bonchev–Trinajstić information content (AvgIpc) is 2.84. The van der Waals surface area contributed by atoms with Gasteiger partial charge in [0.25, 0.3) is 5.56 Å². The minimum atomic E-state index is -0.421. The van der Waals surface area contributed by atoms with Crippen LogP contribution in [0.4, 0.5) is 5.95 Å². The molecule has 3 rings (SSSR count). The second kappa shape index (κ2) is 5.86. The summed E-state index contributed by atoms with van der Waals surface area (Å²) in [7, 11) is 1.65. The molecule has 0 saturated carbocycles. The van der Waals surface area contributed by atoms with Gasteiger partial charge in [-0.15, -0.1) is 0 Å². The zero-order valence-electron chi connectivity index (χ0n) is 14.3. The number of fused-ring (bicyclic) bond motifs is 1. The number of hydrogen-bond acceptors (Lipinski definition) is 4. The molecule has 1 atom stereocenters. The molecule has 1 fully saturated rings. The summed E-state index contributed by atoms with van der Waals surface area (Å²) in [6.07, 6.45) is 2.35. The Labute approximate surface area is 134 Å². The van der Waals surface area contributed by atoms with Crippen LogP contribution >= 0.6 is 0 Å². The molecular formula is C16H25N5O2. The molecule has 0 bridgehead atoms. The standard InChI is InChI=1S/C16H25N5O2/c1-10(2)8-21-12-13(19(4)16(23)18-14(12)22)17-15(21)20-7-5-6-11(3)9-20/h10-11H,5-9H2,1-4H3,(H,18,22,23)/t11-/m0/s1. The van der Waals surface area contributed by atoms with E-state index < -0.39 is 5.69 Å². The van der Waals surface area contributed by atoms with Crippen LogP contribution in [0.15, 0.2) is 9.59 Å². The minimum Gasteiger partial charge on any atom is -0.342 e. The second-order valence-corrected chi connectivity index (χ2v) is 7.10. The lowest BCUT2D eigenvalue weighted by molar-refractivity contribution is 0.433. The highest BCUT2D eigenvalue weighted by atomic mass is 16.2. The molecule has 2 aromatic rings. The predicted octanol–water partition coefficient (Wildman–Crippen LogP) is 1.32. The topological polar surface area (TPSA) is 75.9 Å². The second-order valence-electron chi connectivity index (χ2n) is 7.10. The zero-order valence-corrected chi connectivity index (χ0v) is 14.3. The van der Waals surface area contributed by atoms with Crippen LogP contribution in [0, 0.1) is 11.8 Å². The largest absolute Gasteiger partial charge is 0.342 e. The number of nitrogens with zero attached hydrogens (tertiary/aromatic N) is 4. The summed E-state index contributed by atoms with van der Waals surface area (Å²) in [5, 5.41) is 0. The summed E-state index contributed by atoms with van der Waals surface area (Å²) < 4.78 is 3.40. The number of imidazole rings is 1. The lowest BCUT2D eigenvalue weighted by atomic mass is 10.0. The molecule has 1 aliphatic rings. The van der Waals surface area contributed by atoms with Crippen molar-refractivity contribution in [3.8, 4) is 0 Å². The molecule has 1 N–H and O–H groups in total. The fourth-order valence-corrected chi connectivity index (χ4v) is 3.37. The molecule has 1 saturated heterocycles. The van der Waals surface area contributed by atoms with Gasteiger partial charge in [0, 0.05) is 26.7 Å². The van der Waals surface area contributed by atoms with E-state index in [-0.39, 0.29) is 5.56 Å². The molecule has 0 spiro atoms. The van der Waals surface area contributed by atoms with Gasteiger partial charge in [-0.1, -0.05) is 20.8 Å². The number of aryl methyl sites for hydroxylation is 1. The SMILES string of the molecule is CC(C)Cn1c(N2CCC[C@H](C)C2)nc2c1c(=O)[nH]c(=O)n2C. The Balaban J connectivity index is 2.23. The van der Waals surface area contributed by atoms with Gasteiger partial charge in [0.05, 0.1) is 0 Å². The number of hydrogen-bond donors (Lipinski definition) is 1. The lowest BCUT2D eigenvalue weighted by Crippen LogP contribution is -2.36. The van der Waals surface area contributed by atoms with Gasteiger partial charge in [-0.3, -0.25) is 14.3 Å². The first-order valence-corrected chi connectivity index (χ1v) is 8.33. The molecule has 7 nitrogen and oxygen atoms in total. The van der Waals surface area contributed by atoms with Crippen molar-refractivity contribution in [1.29, 1.82) is 0 Å². The predicted molar refractivity (Wildman–Crippen MR) is 91.0 cm³/mol. The van der Waals surface area contributed by atoms with Gasteiger partial charge < -0.3 is 9.47 Å². The van der Waals surface area contributed by atoms with E-state index in [9.17, 15) is 9.59 Å². The van der Waals surface area contributed by atoms with Crippen LogP contribution in [0.5, 0.6) is 0 Å². The monoisotopic (exact) mass is 319 g/mol. The van der Waals surface area contributed by atoms with Gasteiger partial charge in [-0.25, -0.2) is 4.79 Å². The normalized spacial score (nSPS) is 19.0. The average molecular weight is 319 g/mol. The van der Waals surface area contributed by atoms with Crippen molar-refractivity contribution in [2.75, 3.05) is 18.0 Å². The zero-order chi connectivity index (χ0) is 16.7. The molecule has 0 aliphatic carbocycles. The summed E-state index contributed by atoms with van der Waals surface area (Å²) in [5.74, 6) is 1.80. The van der Waals surface area contributed by atoms with Crippen molar-refractivity contribution in [2.45, 2.75) is 40.2 Å². The third-order valence-electron chi connectivity index (χ3n) is 4.47. The van der Waals surface area contributed by atoms with Gasteiger partial charge in [-0.2, -0.15) is 4.98 Å². The van der Waals surface area contributed by atoms with E-state index in [0.29, 0.717) is 29.5 Å². The third-order valence-corrected chi connectivity index (χ3v) is 4.47. The smallest absolute Gasteiger partial charge is 0.329 e. The summed E-state index contributed by atoms with van der Waals surface area (Å²) in [6.45, 7) is 9.06. The maximum Gasteiger partial charge on any atom is 0.329 e. The Hall–Kier alpha value is -2.05. The highest BCUT2D eigenvalue weighted by molar-refractivity contribution is 5.74. The molecule has 0 amide bonds. The summed E-state index contributed by atoms with van der Waals surface area (Å²) in [5.41, 5.74) is 0.185. The van der Waals surface area contributed by atoms with Crippen LogP contribution in [-0.4, -0.2) is 32.2 Å². The first-order chi connectivity index (χ1) is 10.9. The lowest BCUT2D eigenvalue weighted by Gasteiger charge is -2.32. The Morgan fingerprint density at radius 1 is 1.35 bits per heavy atom. The minimum absolute atomic E-state index is 0.354. The molecule has 2 aromatic heterocycles. The number of H-pyrrole nitrogens is 1.